The van der Waals surface area contributed by atoms with Crippen LogP contribution in [0, 0.1) is 0 Å². The van der Waals surface area contributed by atoms with Gasteiger partial charge in [-0.3, -0.25) is 0 Å². The fraction of sp³-hybridized carbons (Fsp3) is 0.688. The lowest BCUT2D eigenvalue weighted by Gasteiger charge is -2.43. The average Bonchev–Trinajstić information content (AvgIpc) is 2.44. The molecule has 112 valence electrons. The van der Waals surface area contributed by atoms with Crippen LogP contribution in [0.1, 0.15) is 39.0 Å². The van der Waals surface area contributed by atoms with Crippen LogP contribution < -0.4 is 10.2 Å². The maximum Gasteiger partial charge on any atom is 0.129 e. The second-order valence-electron chi connectivity index (χ2n) is 5.98. The number of nitrogens with zero attached hydrogens (tertiary/aromatic N) is 2. The number of hydrogen-bond acceptors (Lipinski definition) is 4. The van der Waals surface area contributed by atoms with Crippen LogP contribution in [0.15, 0.2) is 12.1 Å². The highest BCUT2D eigenvalue weighted by atomic mass is 16.5. The Bertz CT molecular complexity index is 445. The van der Waals surface area contributed by atoms with Crippen molar-refractivity contribution in [1.29, 1.82) is 0 Å². The summed E-state index contributed by atoms with van der Waals surface area (Å²) >= 11 is 0. The summed E-state index contributed by atoms with van der Waals surface area (Å²) in [6.45, 7) is 13.1. The average molecular weight is 277 g/mol. The van der Waals surface area contributed by atoms with Gasteiger partial charge in [0.1, 0.15) is 5.82 Å². The van der Waals surface area contributed by atoms with Gasteiger partial charge < -0.3 is 15.0 Å². The van der Waals surface area contributed by atoms with E-state index in [0.29, 0.717) is 0 Å². The molecule has 1 aromatic heterocycles. The molecule has 4 nitrogen and oxygen atoms in total. The minimum Gasteiger partial charge on any atom is -0.377 e. The first-order valence-corrected chi connectivity index (χ1v) is 7.62. The Morgan fingerprint density at radius 1 is 1.35 bits per heavy atom. The summed E-state index contributed by atoms with van der Waals surface area (Å²) in [6, 6.07) is 4.43. The number of hydrogen-bond donors (Lipinski definition) is 1. The van der Waals surface area contributed by atoms with Crippen molar-refractivity contribution in [3.63, 3.8) is 0 Å². The van der Waals surface area contributed by atoms with Gasteiger partial charge in [0.15, 0.2) is 0 Å². The molecule has 0 aliphatic carbocycles. The molecule has 0 radical (unpaired) electrons. The van der Waals surface area contributed by atoms with Gasteiger partial charge >= 0.3 is 0 Å². The van der Waals surface area contributed by atoms with Crippen LogP contribution in [0.4, 0.5) is 5.82 Å². The summed E-state index contributed by atoms with van der Waals surface area (Å²) in [5.74, 6) is 1.09. The molecule has 1 aliphatic heterocycles. The monoisotopic (exact) mass is 277 g/mol. The third kappa shape index (κ3) is 3.49. The normalized spacial score (nSPS) is 18.3. The number of rotatable bonds is 5. The van der Waals surface area contributed by atoms with E-state index in [2.05, 4.69) is 50.0 Å². The van der Waals surface area contributed by atoms with E-state index in [1.807, 2.05) is 0 Å². The summed E-state index contributed by atoms with van der Waals surface area (Å²) in [5, 5.41) is 3.40. The lowest BCUT2D eigenvalue weighted by molar-refractivity contribution is 0.0639. The summed E-state index contributed by atoms with van der Waals surface area (Å²) in [5.41, 5.74) is 2.49. The highest BCUT2D eigenvalue weighted by Gasteiger charge is 2.31. The quantitative estimate of drug-likeness (QED) is 0.896. The first kappa shape index (κ1) is 15.3. The maximum absolute atomic E-state index is 5.61. The standard InChI is InChI=1S/C16H27N3O/c1-5-14-9-13(11-17-6-2)10-15(18-14)19-7-8-20-12-16(19,3)4/h9-10,17H,5-8,11-12H2,1-4H3. The molecule has 0 aromatic carbocycles. The maximum atomic E-state index is 5.61. The van der Waals surface area contributed by atoms with Gasteiger partial charge in [-0.25, -0.2) is 4.98 Å². The first-order valence-electron chi connectivity index (χ1n) is 7.62. The summed E-state index contributed by atoms with van der Waals surface area (Å²) in [6.07, 6.45) is 0.970. The Balaban J connectivity index is 2.29. The van der Waals surface area contributed by atoms with E-state index in [1.165, 1.54) is 5.56 Å². The lowest BCUT2D eigenvalue weighted by atomic mass is 10.0. The van der Waals surface area contributed by atoms with E-state index in [9.17, 15) is 0 Å². The minimum absolute atomic E-state index is 0.00701. The molecule has 1 N–H and O–H groups in total. The van der Waals surface area contributed by atoms with Crippen LogP contribution in [-0.4, -0.2) is 36.8 Å². The molecule has 20 heavy (non-hydrogen) atoms. The highest BCUT2D eigenvalue weighted by Crippen LogP contribution is 2.26. The van der Waals surface area contributed by atoms with Gasteiger partial charge in [0.05, 0.1) is 18.8 Å². The molecule has 0 spiro atoms. The minimum atomic E-state index is 0.00701. The zero-order valence-electron chi connectivity index (χ0n) is 13.2. The molecule has 1 fully saturated rings. The van der Waals surface area contributed by atoms with Crippen LogP contribution in [0.3, 0.4) is 0 Å². The molecule has 0 atom stereocenters. The SMILES string of the molecule is CCNCc1cc(CC)nc(N2CCOCC2(C)C)c1. The Hall–Kier alpha value is -1.13. The van der Waals surface area contributed by atoms with Gasteiger partial charge in [0, 0.05) is 18.8 Å². The van der Waals surface area contributed by atoms with Crippen LogP contribution in [0.2, 0.25) is 0 Å². The molecule has 0 bridgehead atoms. The second-order valence-corrected chi connectivity index (χ2v) is 5.98. The number of nitrogens with one attached hydrogen (secondary N) is 1. The van der Waals surface area contributed by atoms with Crippen molar-refractivity contribution in [1.82, 2.24) is 10.3 Å². The van der Waals surface area contributed by atoms with Crippen molar-refractivity contribution in [2.75, 3.05) is 31.2 Å². The van der Waals surface area contributed by atoms with Gasteiger partial charge in [0.2, 0.25) is 0 Å². The summed E-state index contributed by atoms with van der Waals surface area (Å²) in [4.78, 5) is 7.20. The van der Waals surface area contributed by atoms with Crippen molar-refractivity contribution in [3.8, 4) is 0 Å². The molecule has 4 heteroatoms. The molecular formula is C16H27N3O. The predicted octanol–water partition coefficient (Wildman–Crippen LogP) is 2.37. The number of ether oxygens (including phenoxy) is 1. The number of pyridine rings is 1. The van der Waals surface area contributed by atoms with Crippen molar-refractivity contribution in [2.24, 2.45) is 0 Å². The Morgan fingerprint density at radius 3 is 2.80 bits per heavy atom. The summed E-state index contributed by atoms with van der Waals surface area (Å²) < 4.78 is 5.61. The van der Waals surface area contributed by atoms with Gasteiger partial charge in [0.25, 0.3) is 0 Å². The molecule has 1 aliphatic rings. The molecule has 1 saturated heterocycles. The Kier molecular flexibility index (Phi) is 5.00. The second kappa shape index (κ2) is 6.55. The van der Waals surface area contributed by atoms with E-state index in [1.54, 1.807) is 0 Å². The van der Waals surface area contributed by atoms with Crippen LogP contribution in [-0.2, 0) is 17.7 Å². The fourth-order valence-electron chi connectivity index (χ4n) is 2.61. The number of aromatic nitrogens is 1. The zero-order chi connectivity index (χ0) is 14.6. The third-order valence-electron chi connectivity index (χ3n) is 3.79. The van der Waals surface area contributed by atoms with Gasteiger partial charge in [-0.15, -0.1) is 0 Å². The summed E-state index contributed by atoms with van der Waals surface area (Å²) in [7, 11) is 0. The Labute approximate surface area is 122 Å². The third-order valence-corrected chi connectivity index (χ3v) is 3.79. The van der Waals surface area contributed by atoms with E-state index < -0.39 is 0 Å². The molecule has 2 heterocycles. The molecule has 0 amide bonds. The Morgan fingerprint density at radius 2 is 2.15 bits per heavy atom. The molecule has 1 aromatic rings. The van der Waals surface area contributed by atoms with Crippen molar-refractivity contribution >= 4 is 5.82 Å². The van der Waals surface area contributed by atoms with Crippen molar-refractivity contribution in [2.45, 2.75) is 46.2 Å². The zero-order valence-corrected chi connectivity index (χ0v) is 13.2. The van der Waals surface area contributed by atoms with Crippen LogP contribution in [0.25, 0.3) is 0 Å². The van der Waals surface area contributed by atoms with Crippen molar-refractivity contribution < 1.29 is 4.74 Å². The number of anilines is 1. The van der Waals surface area contributed by atoms with Gasteiger partial charge in [-0.2, -0.15) is 0 Å². The highest BCUT2D eigenvalue weighted by molar-refractivity contribution is 5.46. The molecule has 0 unspecified atom stereocenters. The lowest BCUT2D eigenvalue weighted by Crippen LogP contribution is -2.53. The van der Waals surface area contributed by atoms with Crippen LogP contribution >= 0.6 is 0 Å². The van der Waals surface area contributed by atoms with E-state index >= 15 is 0 Å². The van der Waals surface area contributed by atoms with Crippen LogP contribution in [0.5, 0.6) is 0 Å². The first-order chi connectivity index (χ1) is 9.56. The van der Waals surface area contributed by atoms with Gasteiger partial charge in [-0.1, -0.05) is 13.8 Å². The number of morpholine rings is 1. The molecular weight excluding hydrogens is 250 g/mol. The molecule has 2 rings (SSSR count). The molecule has 0 saturated carbocycles. The van der Waals surface area contributed by atoms with E-state index in [4.69, 9.17) is 9.72 Å². The van der Waals surface area contributed by atoms with E-state index in [-0.39, 0.29) is 5.54 Å². The van der Waals surface area contributed by atoms with Crippen molar-refractivity contribution in [3.05, 3.63) is 23.4 Å². The predicted molar refractivity (Wildman–Crippen MR) is 83.2 cm³/mol. The van der Waals surface area contributed by atoms with E-state index in [0.717, 1.165) is 50.8 Å². The van der Waals surface area contributed by atoms with Gasteiger partial charge in [-0.05, 0) is 44.5 Å². The fourth-order valence-corrected chi connectivity index (χ4v) is 2.61. The largest absolute Gasteiger partial charge is 0.377 e. The topological polar surface area (TPSA) is 37.4 Å². The number of aryl methyl sites for hydroxylation is 1. The smallest absolute Gasteiger partial charge is 0.129 e.